The van der Waals surface area contributed by atoms with Crippen LogP contribution in [0.15, 0.2) is 0 Å². The zero-order valence-electron chi connectivity index (χ0n) is 13.8. The Hall–Kier alpha value is -1.10. The summed E-state index contributed by atoms with van der Waals surface area (Å²) < 4.78 is 0. The lowest BCUT2D eigenvalue weighted by Crippen LogP contribution is -2.52. The lowest BCUT2D eigenvalue weighted by molar-refractivity contribution is -0.154. The van der Waals surface area contributed by atoms with Gasteiger partial charge in [-0.2, -0.15) is 0 Å². The molecule has 3 aliphatic rings. The van der Waals surface area contributed by atoms with E-state index in [2.05, 4.69) is 11.8 Å². The van der Waals surface area contributed by atoms with Crippen molar-refractivity contribution in [1.29, 1.82) is 0 Å². The first-order valence-electron chi connectivity index (χ1n) is 8.59. The summed E-state index contributed by atoms with van der Waals surface area (Å²) in [7, 11) is 1.98. The fourth-order valence-corrected chi connectivity index (χ4v) is 4.85. The van der Waals surface area contributed by atoms with Gasteiger partial charge in [-0.25, -0.2) is 0 Å². The highest BCUT2D eigenvalue weighted by molar-refractivity contribution is 5.85. The van der Waals surface area contributed by atoms with Crippen LogP contribution in [0.25, 0.3) is 0 Å². The number of carboxylic acid groups (broad SMARTS) is 1. The van der Waals surface area contributed by atoms with Crippen LogP contribution in [-0.2, 0) is 9.59 Å². The standard InChI is InChI=1S/C17H28N2O3/c1-16(7-4-3-5-8-16)14(20)19-10-13-6-9-18(2)11-17(13,12-19)15(21)22/h13H,3-12H2,1-2H3,(H,21,22). The minimum Gasteiger partial charge on any atom is -0.481 e. The molecule has 0 spiro atoms. The van der Waals surface area contributed by atoms with Gasteiger partial charge in [0.05, 0.1) is 0 Å². The molecule has 2 heterocycles. The Bertz CT molecular complexity index is 473. The van der Waals surface area contributed by atoms with Crippen molar-refractivity contribution in [3.8, 4) is 0 Å². The molecular weight excluding hydrogens is 280 g/mol. The molecule has 2 unspecified atom stereocenters. The van der Waals surface area contributed by atoms with Crippen molar-refractivity contribution < 1.29 is 14.7 Å². The van der Waals surface area contributed by atoms with E-state index in [1.54, 1.807) is 0 Å². The van der Waals surface area contributed by atoms with Crippen LogP contribution in [0.2, 0.25) is 0 Å². The number of hydrogen-bond acceptors (Lipinski definition) is 3. The van der Waals surface area contributed by atoms with Gasteiger partial charge in [-0.3, -0.25) is 9.59 Å². The third-order valence-corrected chi connectivity index (χ3v) is 6.29. The first-order valence-corrected chi connectivity index (χ1v) is 8.59. The predicted octanol–water partition coefficient (Wildman–Crippen LogP) is 1.82. The number of amides is 1. The molecule has 3 fully saturated rings. The normalized spacial score (nSPS) is 35.2. The molecule has 1 N–H and O–H groups in total. The molecule has 0 bridgehead atoms. The molecule has 2 saturated heterocycles. The molecule has 5 heteroatoms. The van der Waals surface area contributed by atoms with Gasteiger partial charge in [0.2, 0.25) is 5.91 Å². The third-order valence-electron chi connectivity index (χ3n) is 6.29. The maximum Gasteiger partial charge on any atom is 0.313 e. The largest absolute Gasteiger partial charge is 0.481 e. The minimum atomic E-state index is -0.756. The van der Waals surface area contributed by atoms with Crippen LogP contribution in [0.4, 0.5) is 0 Å². The molecule has 2 atom stereocenters. The van der Waals surface area contributed by atoms with Gasteiger partial charge in [-0.1, -0.05) is 26.2 Å². The second-order valence-corrected chi connectivity index (χ2v) is 7.99. The van der Waals surface area contributed by atoms with Gasteiger partial charge < -0.3 is 14.9 Å². The number of hydrogen-bond donors (Lipinski definition) is 1. The van der Waals surface area contributed by atoms with Crippen molar-refractivity contribution in [1.82, 2.24) is 9.80 Å². The first kappa shape index (κ1) is 15.8. The molecule has 3 rings (SSSR count). The Morgan fingerprint density at radius 2 is 1.82 bits per heavy atom. The van der Waals surface area contributed by atoms with Crippen LogP contribution in [0.3, 0.4) is 0 Å². The quantitative estimate of drug-likeness (QED) is 0.845. The van der Waals surface area contributed by atoms with E-state index in [1.165, 1.54) is 6.42 Å². The number of likely N-dealkylation sites (tertiary alicyclic amines) is 2. The molecule has 0 aromatic carbocycles. The Morgan fingerprint density at radius 1 is 1.14 bits per heavy atom. The van der Waals surface area contributed by atoms with Gasteiger partial charge >= 0.3 is 5.97 Å². The number of nitrogens with zero attached hydrogens (tertiary/aromatic N) is 2. The second-order valence-electron chi connectivity index (χ2n) is 7.99. The summed E-state index contributed by atoms with van der Waals surface area (Å²) in [5.41, 5.74) is -1.02. The number of fused-ring (bicyclic) bond motifs is 1. The Kier molecular flexibility index (Phi) is 3.96. The molecule has 1 saturated carbocycles. The van der Waals surface area contributed by atoms with E-state index in [1.807, 2.05) is 11.9 Å². The van der Waals surface area contributed by atoms with E-state index in [0.29, 0.717) is 19.6 Å². The van der Waals surface area contributed by atoms with Crippen LogP contribution in [0.1, 0.15) is 45.4 Å². The van der Waals surface area contributed by atoms with Crippen molar-refractivity contribution in [3.63, 3.8) is 0 Å². The van der Waals surface area contributed by atoms with Gasteiger partial charge in [0, 0.05) is 25.0 Å². The smallest absolute Gasteiger partial charge is 0.313 e. The van der Waals surface area contributed by atoms with Crippen molar-refractivity contribution in [2.45, 2.75) is 45.4 Å². The summed E-state index contributed by atoms with van der Waals surface area (Å²) in [6.45, 7) is 4.60. The molecule has 0 radical (unpaired) electrons. The van der Waals surface area contributed by atoms with E-state index >= 15 is 0 Å². The van der Waals surface area contributed by atoms with Crippen molar-refractivity contribution >= 4 is 11.9 Å². The Balaban J connectivity index is 1.80. The molecule has 0 aromatic rings. The van der Waals surface area contributed by atoms with Crippen LogP contribution in [0, 0.1) is 16.7 Å². The van der Waals surface area contributed by atoms with Crippen LogP contribution >= 0.6 is 0 Å². The molecule has 2 aliphatic heterocycles. The number of rotatable bonds is 2. The first-order chi connectivity index (χ1) is 10.4. The minimum absolute atomic E-state index is 0.109. The fraction of sp³-hybridized carbons (Fsp3) is 0.882. The number of piperidine rings is 1. The topological polar surface area (TPSA) is 60.9 Å². The monoisotopic (exact) mass is 308 g/mol. The molecular formula is C17H28N2O3. The zero-order valence-corrected chi connectivity index (χ0v) is 13.8. The van der Waals surface area contributed by atoms with Crippen molar-refractivity contribution in [2.75, 3.05) is 33.2 Å². The van der Waals surface area contributed by atoms with Gasteiger partial charge in [-0.05, 0) is 38.8 Å². The molecule has 1 aliphatic carbocycles. The number of aliphatic carboxylic acids is 1. The van der Waals surface area contributed by atoms with Gasteiger partial charge in [-0.15, -0.1) is 0 Å². The zero-order chi connectivity index (χ0) is 16.0. The maximum atomic E-state index is 13.0. The highest BCUT2D eigenvalue weighted by Gasteiger charge is 2.56. The molecule has 22 heavy (non-hydrogen) atoms. The van der Waals surface area contributed by atoms with E-state index in [9.17, 15) is 14.7 Å². The second kappa shape index (κ2) is 5.52. The number of carboxylic acids is 1. The Labute approximate surface area is 132 Å². The summed E-state index contributed by atoms with van der Waals surface area (Å²) in [5.74, 6) is -0.421. The van der Waals surface area contributed by atoms with Crippen molar-refractivity contribution in [3.05, 3.63) is 0 Å². The average molecular weight is 308 g/mol. The lowest BCUT2D eigenvalue weighted by atomic mass is 9.73. The summed E-state index contributed by atoms with van der Waals surface area (Å²) >= 11 is 0. The fourth-order valence-electron chi connectivity index (χ4n) is 4.85. The van der Waals surface area contributed by atoms with Crippen LogP contribution < -0.4 is 0 Å². The Morgan fingerprint density at radius 3 is 2.45 bits per heavy atom. The van der Waals surface area contributed by atoms with Crippen LogP contribution in [-0.4, -0.2) is 60.0 Å². The number of carbonyl (C=O) groups is 2. The van der Waals surface area contributed by atoms with E-state index in [0.717, 1.165) is 38.6 Å². The summed E-state index contributed by atoms with van der Waals surface area (Å²) in [4.78, 5) is 29.0. The van der Waals surface area contributed by atoms with Crippen molar-refractivity contribution in [2.24, 2.45) is 16.7 Å². The van der Waals surface area contributed by atoms with Gasteiger partial charge in [0.25, 0.3) is 0 Å². The highest BCUT2D eigenvalue weighted by Crippen LogP contribution is 2.45. The lowest BCUT2D eigenvalue weighted by Gasteiger charge is -2.39. The number of carbonyl (C=O) groups excluding carboxylic acids is 1. The van der Waals surface area contributed by atoms with Crippen LogP contribution in [0.5, 0.6) is 0 Å². The molecule has 5 nitrogen and oxygen atoms in total. The van der Waals surface area contributed by atoms with E-state index < -0.39 is 11.4 Å². The molecule has 0 aromatic heterocycles. The summed E-state index contributed by atoms with van der Waals surface area (Å²) in [5, 5.41) is 9.83. The van der Waals surface area contributed by atoms with Gasteiger partial charge in [0.1, 0.15) is 5.41 Å². The van der Waals surface area contributed by atoms with E-state index in [4.69, 9.17) is 0 Å². The molecule has 124 valence electrons. The predicted molar refractivity (Wildman–Crippen MR) is 83.4 cm³/mol. The summed E-state index contributed by atoms with van der Waals surface area (Å²) in [6, 6.07) is 0. The highest BCUT2D eigenvalue weighted by atomic mass is 16.4. The molecule has 1 amide bonds. The SMILES string of the molecule is CN1CCC2CN(C(=O)C3(C)CCCCC3)CC2(C(=O)O)C1. The third kappa shape index (κ3) is 2.43. The summed E-state index contributed by atoms with van der Waals surface area (Å²) in [6.07, 6.45) is 6.23. The average Bonchev–Trinajstić information content (AvgIpc) is 2.87. The van der Waals surface area contributed by atoms with Gasteiger partial charge in [0.15, 0.2) is 0 Å². The maximum absolute atomic E-state index is 13.0. The van der Waals surface area contributed by atoms with E-state index in [-0.39, 0.29) is 17.2 Å².